The number of fused-ring (bicyclic) bond motifs is 1. The van der Waals surface area contributed by atoms with Crippen molar-refractivity contribution < 1.29 is 4.79 Å². The predicted octanol–water partition coefficient (Wildman–Crippen LogP) is 2.90. The third-order valence-electron chi connectivity index (χ3n) is 3.57. The zero-order valence-corrected chi connectivity index (χ0v) is 12.1. The third-order valence-corrected chi connectivity index (χ3v) is 4.35. The van der Waals surface area contributed by atoms with Crippen molar-refractivity contribution in [2.24, 2.45) is 0 Å². The molecule has 0 unspecified atom stereocenters. The lowest BCUT2D eigenvalue weighted by Gasteiger charge is -2.27. The van der Waals surface area contributed by atoms with Crippen molar-refractivity contribution in [2.45, 2.75) is 19.4 Å². The van der Waals surface area contributed by atoms with E-state index in [0.29, 0.717) is 6.42 Å². The monoisotopic (exact) mass is 318 g/mol. The maximum absolute atomic E-state index is 12.3. The highest BCUT2D eigenvalue weighted by Gasteiger charge is 2.21. The molecule has 1 amide bonds. The van der Waals surface area contributed by atoms with Gasteiger partial charge < -0.3 is 9.88 Å². The Morgan fingerprint density at radius 3 is 3.00 bits per heavy atom. The minimum atomic E-state index is 0.193. The maximum Gasteiger partial charge on any atom is 0.227 e. The van der Waals surface area contributed by atoms with Crippen molar-refractivity contribution in [3.8, 4) is 0 Å². The number of carbonyl (C=O) groups is 1. The van der Waals surface area contributed by atoms with Crippen molar-refractivity contribution in [3.63, 3.8) is 0 Å². The van der Waals surface area contributed by atoms with Crippen LogP contribution in [0.5, 0.6) is 0 Å². The highest BCUT2D eigenvalue weighted by molar-refractivity contribution is 9.10. The van der Waals surface area contributed by atoms with Gasteiger partial charge in [0, 0.05) is 35.9 Å². The molecule has 98 valence electrons. The van der Waals surface area contributed by atoms with Gasteiger partial charge in [-0.25, -0.2) is 0 Å². The lowest BCUT2D eigenvalue weighted by molar-refractivity contribution is -0.131. The topological polar surface area (TPSA) is 36.1 Å². The molecule has 3 rings (SSSR count). The summed E-state index contributed by atoms with van der Waals surface area (Å²) in [5.41, 5.74) is 3.56. The summed E-state index contributed by atoms with van der Waals surface area (Å²) in [6.07, 6.45) is 3.33. The highest BCUT2D eigenvalue weighted by Crippen LogP contribution is 2.20. The van der Waals surface area contributed by atoms with Gasteiger partial charge in [-0.2, -0.15) is 0 Å². The van der Waals surface area contributed by atoms with E-state index in [-0.39, 0.29) is 5.91 Å². The summed E-state index contributed by atoms with van der Waals surface area (Å²) < 4.78 is 1.00. The molecule has 2 aromatic rings. The van der Waals surface area contributed by atoms with E-state index in [1.807, 2.05) is 35.4 Å². The molecule has 1 aliphatic rings. The van der Waals surface area contributed by atoms with Gasteiger partial charge in [0.15, 0.2) is 0 Å². The number of nitrogens with one attached hydrogen (secondary N) is 1. The smallest absolute Gasteiger partial charge is 0.227 e. The molecule has 2 heterocycles. The molecule has 19 heavy (non-hydrogen) atoms. The second kappa shape index (κ2) is 5.21. The largest absolute Gasteiger partial charge is 0.365 e. The van der Waals surface area contributed by atoms with Crippen LogP contribution in [0, 0.1) is 0 Å². The van der Waals surface area contributed by atoms with Crippen molar-refractivity contribution in [3.05, 3.63) is 57.8 Å². The van der Waals surface area contributed by atoms with Crippen molar-refractivity contribution >= 4 is 21.8 Å². The fraction of sp³-hybridized carbons (Fsp3) is 0.267. The Hall–Kier alpha value is -1.55. The Balaban J connectivity index is 1.71. The molecule has 1 aliphatic heterocycles. The number of nitrogens with zero attached hydrogens (tertiary/aromatic N) is 1. The quantitative estimate of drug-likeness (QED) is 0.908. The van der Waals surface area contributed by atoms with Gasteiger partial charge in [-0.15, -0.1) is 0 Å². The minimum absolute atomic E-state index is 0.193. The van der Waals surface area contributed by atoms with Crippen LogP contribution in [0.2, 0.25) is 0 Å². The lowest BCUT2D eigenvalue weighted by atomic mass is 10.1. The first-order valence-electron chi connectivity index (χ1n) is 6.40. The minimum Gasteiger partial charge on any atom is -0.365 e. The second-order valence-corrected chi connectivity index (χ2v) is 5.67. The van der Waals surface area contributed by atoms with Crippen molar-refractivity contribution in [1.29, 1.82) is 0 Å². The van der Waals surface area contributed by atoms with Gasteiger partial charge in [-0.3, -0.25) is 4.79 Å². The molecule has 3 nitrogen and oxygen atoms in total. The molecule has 0 fully saturated rings. The molecule has 0 spiro atoms. The normalized spacial score (nSPS) is 14.3. The number of rotatable bonds is 2. The van der Waals surface area contributed by atoms with Gasteiger partial charge >= 0.3 is 0 Å². The number of hydrogen-bond acceptors (Lipinski definition) is 1. The van der Waals surface area contributed by atoms with Crippen LogP contribution in [0.1, 0.15) is 16.8 Å². The summed E-state index contributed by atoms with van der Waals surface area (Å²) in [5, 5.41) is 0. The number of aromatic nitrogens is 1. The molecule has 0 saturated carbocycles. The number of carbonyl (C=O) groups excluding carboxylic acids is 1. The van der Waals surface area contributed by atoms with E-state index in [0.717, 1.165) is 29.5 Å². The van der Waals surface area contributed by atoms with E-state index in [4.69, 9.17) is 0 Å². The molecular formula is C15H15BrN2O. The Morgan fingerprint density at radius 2 is 2.16 bits per heavy atom. The molecule has 4 heteroatoms. The molecule has 0 bridgehead atoms. The number of aromatic amines is 1. The average molecular weight is 319 g/mol. The number of benzene rings is 1. The average Bonchev–Trinajstić information content (AvgIpc) is 2.88. The zero-order valence-electron chi connectivity index (χ0n) is 10.5. The van der Waals surface area contributed by atoms with Crippen LogP contribution in [0.4, 0.5) is 0 Å². The second-order valence-electron chi connectivity index (χ2n) is 4.81. The number of amides is 1. The molecule has 1 N–H and O–H groups in total. The summed E-state index contributed by atoms with van der Waals surface area (Å²) in [4.78, 5) is 17.5. The molecule has 0 aliphatic carbocycles. The number of H-pyrrole nitrogens is 1. The molecule has 0 saturated heterocycles. The van der Waals surface area contributed by atoms with E-state index in [1.165, 1.54) is 11.3 Å². The Kier molecular flexibility index (Phi) is 3.42. The first-order chi connectivity index (χ1) is 9.24. The fourth-order valence-electron chi connectivity index (χ4n) is 2.48. The Labute approximate surface area is 120 Å². The first-order valence-corrected chi connectivity index (χ1v) is 7.19. The van der Waals surface area contributed by atoms with Crippen molar-refractivity contribution in [1.82, 2.24) is 9.88 Å². The summed E-state index contributed by atoms with van der Waals surface area (Å²) in [7, 11) is 0. The van der Waals surface area contributed by atoms with Gasteiger partial charge in [0.1, 0.15) is 0 Å². The first kappa shape index (κ1) is 12.5. The van der Waals surface area contributed by atoms with E-state index < -0.39 is 0 Å². The molecular weight excluding hydrogens is 304 g/mol. The van der Waals surface area contributed by atoms with E-state index in [2.05, 4.69) is 27.0 Å². The lowest BCUT2D eigenvalue weighted by Crippen LogP contribution is -2.36. The van der Waals surface area contributed by atoms with Crippen LogP contribution in [0.25, 0.3) is 0 Å². The zero-order chi connectivity index (χ0) is 13.2. The number of hydrogen-bond donors (Lipinski definition) is 1. The predicted molar refractivity (Wildman–Crippen MR) is 77.8 cm³/mol. The van der Waals surface area contributed by atoms with Crippen LogP contribution in [-0.2, 0) is 24.2 Å². The van der Waals surface area contributed by atoms with E-state index in [9.17, 15) is 4.79 Å². The summed E-state index contributed by atoms with van der Waals surface area (Å²) in [6, 6.07) is 9.96. The summed E-state index contributed by atoms with van der Waals surface area (Å²) in [6.45, 7) is 1.53. The van der Waals surface area contributed by atoms with Crippen LogP contribution in [0.15, 0.2) is 41.0 Å². The van der Waals surface area contributed by atoms with Crippen LogP contribution in [-0.4, -0.2) is 22.3 Å². The van der Waals surface area contributed by atoms with Crippen LogP contribution in [0.3, 0.4) is 0 Å². The SMILES string of the molecule is O=C(Cc1ccccc1Br)N1CCc2[nH]ccc2C1. The van der Waals surface area contributed by atoms with Crippen LogP contribution >= 0.6 is 15.9 Å². The highest BCUT2D eigenvalue weighted by atomic mass is 79.9. The summed E-state index contributed by atoms with van der Waals surface area (Å²) >= 11 is 3.49. The molecule has 1 aromatic carbocycles. The van der Waals surface area contributed by atoms with E-state index in [1.54, 1.807) is 0 Å². The molecule has 1 aromatic heterocycles. The standard InChI is InChI=1S/C15H15BrN2O/c16-13-4-2-1-3-11(13)9-15(19)18-8-6-14-12(10-18)5-7-17-14/h1-5,7,17H,6,8-10H2. The van der Waals surface area contributed by atoms with Gasteiger partial charge in [-0.1, -0.05) is 34.1 Å². The Morgan fingerprint density at radius 1 is 1.32 bits per heavy atom. The van der Waals surface area contributed by atoms with Gasteiger partial charge in [0.2, 0.25) is 5.91 Å². The Bertz CT molecular complexity index is 606. The van der Waals surface area contributed by atoms with Gasteiger partial charge in [0.05, 0.1) is 6.42 Å². The van der Waals surface area contributed by atoms with Gasteiger partial charge in [-0.05, 0) is 23.3 Å². The maximum atomic E-state index is 12.3. The summed E-state index contributed by atoms with van der Waals surface area (Å²) in [5.74, 6) is 0.193. The van der Waals surface area contributed by atoms with Crippen molar-refractivity contribution in [2.75, 3.05) is 6.54 Å². The molecule has 0 atom stereocenters. The molecule has 0 radical (unpaired) electrons. The van der Waals surface area contributed by atoms with E-state index >= 15 is 0 Å². The third kappa shape index (κ3) is 2.59. The van der Waals surface area contributed by atoms with Crippen LogP contribution < -0.4 is 0 Å². The van der Waals surface area contributed by atoms with Gasteiger partial charge in [0.25, 0.3) is 0 Å². The number of halogens is 1. The fourth-order valence-corrected chi connectivity index (χ4v) is 2.90.